The van der Waals surface area contributed by atoms with Crippen LogP contribution < -0.4 is 0 Å². The zero-order chi connectivity index (χ0) is 15.0. The van der Waals surface area contributed by atoms with Crippen LogP contribution in [0.15, 0.2) is 46.9 Å². The molecule has 21 heavy (non-hydrogen) atoms. The van der Waals surface area contributed by atoms with Gasteiger partial charge in [-0.25, -0.2) is 4.79 Å². The van der Waals surface area contributed by atoms with Crippen LogP contribution in [-0.4, -0.2) is 13.1 Å². The van der Waals surface area contributed by atoms with E-state index in [1.807, 2.05) is 37.3 Å². The lowest BCUT2D eigenvalue weighted by Crippen LogP contribution is -2.01. The number of fused-ring (bicyclic) bond motifs is 1. The lowest BCUT2D eigenvalue weighted by molar-refractivity contribution is 0.0569. The van der Waals surface area contributed by atoms with E-state index in [0.29, 0.717) is 10.6 Å². The molecule has 2 aromatic carbocycles. The Bertz CT molecular complexity index is 816. The van der Waals surface area contributed by atoms with Crippen molar-refractivity contribution in [3.8, 4) is 11.1 Å². The lowest BCUT2D eigenvalue weighted by atomic mass is 10.0. The fourth-order valence-corrected chi connectivity index (χ4v) is 2.48. The summed E-state index contributed by atoms with van der Waals surface area (Å²) in [5.41, 5.74) is 3.35. The number of methoxy groups -OCH3 is 1. The van der Waals surface area contributed by atoms with Crippen molar-refractivity contribution in [2.75, 3.05) is 7.11 Å². The highest BCUT2D eigenvalue weighted by atomic mass is 35.5. The molecule has 106 valence electrons. The minimum atomic E-state index is -0.492. The molecule has 3 aromatic rings. The van der Waals surface area contributed by atoms with Gasteiger partial charge in [0, 0.05) is 16.0 Å². The molecule has 0 spiro atoms. The van der Waals surface area contributed by atoms with E-state index >= 15 is 0 Å². The number of carbonyl (C=O) groups is 1. The van der Waals surface area contributed by atoms with Crippen LogP contribution in [0.1, 0.15) is 16.1 Å². The van der Waals surface area contributed by atoms with Crippen molar-refractivity contribution >= 4 is 28.5 Å². The van der Waals surface area contributed by atoms with Crippen LogP contribution in [0.2, 0.25) is 5.02 Å². The summed E-state index contributed by atoms with van der Waals surface area (Å²) in [6.45, 7) is 2.00. The van der Waals surface area contributed by atoms with E-state index in [-0.39, 0.29) is 5.76 Å². The quantitative estimate of drug-likeness (QED) is 0.635. The summed E-state index contributed by atoms with van der Waals surface area (Å²) in [7, 11) is 1.34. The second-order valence-electron chi connectivity index (χ2n) is 4.80. The van der Waals surface area contributed by atoms with Crippen molar-refractivity contribution < 1.29 is 13.9 Å². The fraction of sp³-hybridized carbons (Fsp3) is 0.118. The van der Waals surface area contributed by atoms with Gasteiger partial charge in [0.2, 0.25) is 5.76 Å². The number of furan rings is 1. The zero-order valence-electron chi connectivity index (χ0n) is 11.6. The summed E-state index contributed by atoms with van der Waals surface area (Å²) < 4.78 is 10.5. The summed E-state index contributed by atoms with van der Waals surface area (Å²) in [5.74, 6) is -0.283. The van der Waals surface area contributed by atoms with Gasteiger partial charge >= 0.3 is 5.97 Å². The van der Waals surface area contributed by atoms with Crippen LogP contribution >= 0.6 is 11.6 Å². The first-order valence-corrected chi connectivity index (χ1v) is 6.85. The van der Waals surface area contributed by atoms with Crippen molar-refractivity contribution in [3.63, 3.8) is 0 Å². The Hall–Kier alpha value is -2.26. The maximum absolute atomic E-state index is 12.0. The lowest BCUT2D eigenvalue weighted by Gasteiger charge is -2.03. The molecule has 0 aliphatic carbocycles. The van der Waals surface area contributed by atoms with Gasteiger partial charge in [0.1, 0.15) is 5.58 Å². The van der Waals surface area contributed by atoms with E-state index in [1.165, 1.54) is 7.11 Å². The molecule has 0 radical (unpaired) electrons. The summed E-state index contributed by atoms with van der Waals surface area (Å²) in [5, 5.41) is 1.53. The van der Waals surface area contributed by atoms with Gasteiger partial charge in [0.25, 0.3) is 0 Å². The van der Waals surface area contributed by atoms with E-state index in [4.69, 9.17) is 20.8 Å². The van der Waals surface area contributed by atoms with Gasteiger partial charge in [0.15, 0.2) is 0 Å². The molecule has 0 aliphatic heterocycles. The predicted octanol–water partition coefficient (Wildman–Crippen LogP) is 4.85. The number of esters is 1. The average Bonchev–Trinajstić information content (AvgIpc) is 2.86. The van der Waals surface area contributed by atoms with Gasteiger partial charge in [-0.3, -0.25) is 0 Å². The van der Waals surface area contributed by atoms with Crippen molar-refractivity contribution in [1.29, 1.82) is 0 Å². The SMILES string of the molecule is COC(=O)c1oc2ccc(C)cc2c1-c1ccc(Cl)cc1. The van der Waals surface area contributed by atoms with Crippen molar-refractivity contribution in [2.24, 2.45) is 0 Å². The summed E-state index contributed by atoms with van der Waals surface area (Å²) in [6.07, 6.45) is 0. The molecule has 0 bridgehead atoms. The van der Waals surface area contributed by atoms with Crippen LogP contribution in [0.5, 0.6) is 0 Å². The Kier molecular flexibility index (Phi) is 3.43. The molecule has 0 fully saturated rings. The molecule has 0 saturated heterocycles. The highest BCUT2D eigenvalue weighted by Gasteiger charge is 2.22. The molecule has 0 unspecified atom stereocenters. The highest BCUT2D eigenvalue weighted by molar-refractivity contribution is 6.30. The summed E-state index contributed by atoms with van der Waals surface area (Å²) >= 11 is 5.93. The molecule has 0 N–H and O–H groups in total. The van der Waals surface area contributed by atoms with E-state index in [2.05, 4.69) is 0 Å². The van der Waals surface area contributed by atoms with E-state index < -0.39 is 5.97 Å². The first-order valence-electron chi connectivity index (χ1n) is 6.47. The Morgan fingerprint density at radius 2 is 1.86 bits per heavy atom. The van der Waals surface area contributed by atoms with Gasteiger partial charge in [-0.05, 0) is 36.8 Å². The van der Waals surface area contributed by atoms with Gasteiger partial charge in [-0.2, -0.15) is 0 Å². The zero-order valence-corrected chi connectivity index (χ0v) is 12.4. The molecule has 1 heterocycles. The standard InChI is InChI=1S/C17H13ClO3/c1-10-3-8-14-13(9-10)15(16(21-14)17(19)20-2)11-4-6-12(18)7-5-11/h3-9H,1-2H3. The van der Waals surface area contributed by atoms with E-state index in [9.17, 15) is 4.79 Å². The highest BCUT2D eigenvalue weighted by Crippen LogP contribution is 2.36. The molecule has 0 atom stereocenters. The Labute approximate surface area is 127 Å². The summed E-state index contributed by atoms with van der Waals surface area (Å²) in [4.78, 5) is 12.0. The Balaban J connectivity index is 2.33. The minimum Gasteiger partial charge on any atom is -0.463 e. The second-order valence-corrected chi connectivity index (χ2v) is 5.24. The van der Waals surface area contributed by atoms with Crippen LogP contribution in [0.4, 0.5) is 0 Å². The molecule has 3 rings (SSSR count). The van der Waals surface area contributed by atoms with Crippen LogP contribution in [0.3, 0.4) is 0 Å². The molecule has 3 nitrogen and oxygen atoms in total. The second kappa shape index (κ2) is 5.26. The number of rotatable bonds is 2. The van der Waals surface area contributed by atoms with Crippen LogP contribution in [0, 0.1) is 6.92 Å². The fourth-order valence-electron chi connectivity index (χ4n) is 2.35. The first kappa shape index (κ1) is 13.7. The monoisotopic (exact) mass is 300 g/mol. The first-order chi connectivity index (χ1) is 10.1. The largest absolute Gasteiger partial charge is 0.463 e. The van der Waals surface area contributed by atoms with Gasteiger partial charge < -0.3 is 9.15 Å². The smallest absolute Gasteiger partial charge is 0.374 e. The number of hydrogen-bond donors (Lipinski definition) is 0. The molecule has 0 amide bonds. The Morgan fingerprint density at radius 3 is 2.52 bits per heavy atom. The average molecular weight is 301 g/mol. The maximum atomic E-state index is 12.0. The van der Waals surface area contributed by atoms with E-state index in [1.54, 1.807) is 12.1 Å². The van der Waals surface area contributed by atoms with Gasteiger partial charge in [0.05, 0.1) is 7.11 Å². The molecule has 0 aliphatic rings. The maximum Gasteiger partial charge on any atom is 0.374 e. The molecular weight excluding hydrogens is 288 g/mol. The van der Waals surface area contributed by atoms with Crippen LogP contribution in [0.25, 0.3) is 22.1 Å². The van der Waals surface area contributed by atoms with Crippen molar-refractivity contribution in [3.05, 3.63) is 58.8 Å². The topological polar surface area (TPSA) is 39.4 Å². The predicted molar refractivity (Wildman–Crippen MR) is 82.7 cm³/mol. The number of ether oxygens (including phenoxy) is 1. The number of benzene rings is 2. The van der Waals surface area contributed by atoms with Gasteiger partial charge in [-0.1, -0.05) is 35.4 Å². The molecule has 4 heteroatoms. The third-order valence-electron chi connectivity index (χ3n) is 3.35. The summed E-state index contributed by atoms with van der Waals surface area (Å²) in [6, 6.07) is 13.1. The third-order valence-corrected chi connectivity index (χ3v) is 3.60. The molecule has 1 aromatic heterocycles. The number of halogens is 1. The molecular formula is C17H13ClO3. The third kappa shape index (κ3) is 2.41. The van der Waals surface area contributed by atoms with Crippen molar-refractivity contribution in [1.82, 2.24) is 0 Å². The van der Waals surface area contributed by atoms with Crippen LogP contribution in [-0.2, 0) is 4.74 Å². The number of carbonyl (C=O) groups excluding carboxylic acids is 1. The molecule has 0 saturated carbocycles. The number of aryl methyl sites for hydroxylation is 1. The number of hydrogen-bond acceptors (Lipinski definition) is 3. The van der Waals surface area contributed by atoms with Gasteiger partial charge in [-0.15, -0.1) is 0 Å². The van der Waals surface area contributed by atoms with E-state index in [0.717, 1.165) is 22.1 Å². The minimum absolute atomic E-state index is 0.209. The Morgan fingerprint density at radius 1 is 1.14 bits per heavy atom. The van der Waals surface area contributed by atoms with Crippen molar-refractivity contribution in [2.45, 2.75) is 6.92 Å². The normalized spacial score (nSPS) is 10.8.